The van der Waals surface area contributed by atoms with Gasteiger partial charge in [-0.25, -0.2) is 0 Å². The van der Waals surface area contributed by atoms with Gasteiger partial charge in [0.1, 0.15) is 0 Å². The van der Waals surface area contributed by atoms with Crippen LogP contribution in [-0.4, -0.2) is 18.6 Å². The molecule has 0 bridgehead atoms. The summed E-state index contributed by atoms with van der Waals surface area (Å²) in [6.07, 6.45) is 3.68. The Morgan fingerprint density at radius 2 is 1.81 bits per heavy atom. The van der Waals surface area contributed by atoms with E-state index in [0.29, 0.717) is 0 Å². The standard InChI is InChI=1S/C19H24N2/c1-14(11-12-20-2)7-8-15-9-10-19-17(13-15)16-5-3-4-6-18(16)21-19/h3-6,9-10,13-14,20-21H,7-8,11-12H2,1-2H3. The van der Waals surface area contributed by atoms with Crippen molar-refractivity contribution in [2.24, 2.45) is 5.92 Å². The molecule has 0 radical (unpaired) electrons. The van der Waals surface area contributed by atoms with E-state index in [1.807, 2.05) is 7.05 Å². The van der Waals surface area contributed by atoms with Gasteiger partial charge in [-0.2, -0.15) is 0 Å². The third-order valence-corrected chi connectivity index (χ3v) is 4.38. The molecule has 2 nitrogen and oxygen atoms in total. The zero-order chi connectivity index (χ0) is 14.7. The molecule has 0 spiro atoms. The minimum absolute atomic E-state index is 0.774. The number of hydrogen-bond acceptors (Lipinski definition) is 1. The number of fused-ring (bicyclic) bond motifs is 3. The first kappa shape index (κ1) is 14.2. The summed E-state index contributed by atoms with van der Waals surface area (Å²) in [6, 6.07) is 15.4. The van der Waals surface area contributed by atoms with Crippen LogP contribution < -0.4 is 5.32 Å². The fourth-order valence-electron chi connectivity index (χ4n) is 3.00. The number of aromatic nitrogens is 1. The third-order valence-electron chi connectivity index (χ3n) is 4.38. The molecule has 0 aliphatic heterocycles. The summed E-state index contributed by atoms with van der Waals surface area (Å²) < 4.78 is 0. The second-order valence-electron chi connectivity index (χ2n) is 6.09. The van der Waals surface area contributed by atoms with Crippen LogP contribution in [0.4, 0.5) is 0 Å². The van der Waals surface area contributed by atoms with E-state index in [4.69, 9.17) is 0 Å². The first-order valence-electron chi connectivity index (χ1n) is 7.92. The number of benzene rings is 2. The van der Waals surface area contributed by atoms with Gasteiger partial charge in [0.25, 0.3) is 0 Å². The first-order valence-corrected chi connectivity index (χ1v) is 7.92. The topological polar surface area (TPSA) is 27.8 Å². The molecule has 1 aromatic heterocycles. The van der Waals surface area contributed by atoms with Gasteiger partial charge in [0.2, 0.25) is 0 Å². The van der Waals surface area contributed by atoms with Crippen molar-refractivity contribution in [2.45, 2.75) is 26.2 Å². The maximum Gasteiger partial charge on any atom is 0.0465 e. The summed E-state index contributed by atoms with van der Waals surface area (Å²) in [6.45, 7) is 3.46. The highest BCUT2D eigenvalue weighted by atomic mass is 14.8. The molecule has 0 aliphatic rings. The predicted octanol–water partition coefficient (Wildman–Crippen LogP) is 4.50. The largest absolute Gasteiger partial charge is 0.355 e. The minimum atomic E-state index is 0.774. The van der Waals surface area contributed by atoms with Crippen LogP contribution in [0.15, 0.2) is 42.5 Å². The molecule has 3 aromatic rings. The lowest BCUT2D eigenvalue weighted by Gasteiger charge is -2.10. The van der Waals surface area contributed by atoms with E-state index in [-0.39, 0.29) is 0 Å². The van der Waals surface area contributed by atoms with Crippen molar-refractivity contribution in [3.63, 3.8) is 0 Å². The lowest BCUT2D eigenvalue weighted by atomic mass is 9.97. The van der Waals surface area contributed by atoms with Gasteiger partial charge in [-0.05, 0) is 62.5 Å². The van der Waals surface area contributed by atoms with Crippen LogP contribution in [0.2, 0.25) is 0 Å². The molecule has 0 saturated heterocycles. The van der Waals surface area contributed by atoms with E-state index < -0.39 is 0 Å². The predicted molar refractivity (Wildman–Crippen MR) is 91.8 cm³/mol. The molecule has 1 unspecified atom stereocenters. The first-order chi connectivity index (χ1) is 10.3. The van der Waals surface area contributed by atoms with Gasteiger partial charge in [0, 0.05) is 21.8 Å². The van der Waals surface area contributed by atoms with Crippen molar-refractivity contribution in [3.05, 3.63) is 48.0 Å². The molecule has 1 heterocycles. The molecule has 2 N–H and O–H groups in total. The maximum absolute atomic E-state index is 3.49. The lowest BCUT2D eigenvalue weighted by Crippen LogP contribution is -2.11. The van der Waals surface area contributed by atoms with Gasteiger partial charge in [0.05, 0.1) is 0 Å². The summed E-state index contributed by atoms with van der Waals surface area (Å²) in [7, 11) is 2.03. The molecule has 0 aliphatic carbocycles. The van der Waals surface area contributed by atoms with Gasteiger partial charge in [-0.15, -0.1) is 0 Å². The monoisotopic (exact) mass is 280 g/mol. The van der Waals surface area contributed by atoms with E-state index in [2.05, 4.69) is 59.7 Å². The number of aromatic amines is 1. The maximum atomic E-state index is 3.49. The van der Waals surface area contributed by atoms with Crippen LogP contribution in [0, 0.1) is 5.92 Å². The molecule has 21 heavy (non-hydrogen) atoms. The quantitative estimate of drug-likeness (QED) is 0.683. The average molecular weight is 280 g/mol. The van der Waals surface area contributed by atoms with Gasteiger partial charge in [-0.3, -0.25) is 0 Å². The Kier molecular flexibility index (Phi) is 4.26. The van der Waals surface area contributed by atoms with Crippen molar-refractivity contribution in [1.29, 1.82) is 0 Å². The highest BCUT2D eigenvalue weighted by molar-refractivity contribution is 6.07. The van der Waals surface area contributed by atoms with Crippen LogP contribution in [0.5, 0.6) is 0 Å². The Hall–Kier alpha value is -1.80. The van der Waals surface area contributed by atoms with Crippen LogP contribution in [-0.2, 0) is 6.42 Å². The van der Waals surface area contributed by atoms with E-state index in [1.165, 1.54) is 46.6 Å². The fourth-order valence-corrected chi connectivity index (χ4v) is 3.00. The van der Waals surface area contributed by atoms with Gasteiger partial charge < -0.3 is 10.3 Å². The molecule has 1 atom stereocenters. The smallest absolute Gasteiger partial charge is 0.0465 e. The minimum Gasteiger partial charge on any atom is -0.355 e. The Labute approximate surface area is 126 Å². The number of nitrogens with one attached hydrogen (secondary N) is 2. The van der Waals surface area contributed by atoms with Crippen molar-refractivity contribution in [1.82, 2.24) is 10.3 Å². The number of H-pyrrole nitrogens is 1. The molecular weight excluding hydrogens is 256 g/mol. The molecule has 2 heteroatoms. The number of rotatable bonds is 6. The Balaban J connectivity index is 1.79. The highest BCUT2D eigenvalue weighted by Gasteiger charge is 2.06. The summed E-state index contributed by atoms with van der Waals surface area (Å²) >= 11 is 0. The van der Waals surface area contributed by atoms with Crippen molar-refractivity contribution in [2.75, 3.05) is 13.6 Å². The second-order valence-corrected chi connectivity index (χ2v) is 6.09. The average Bonchev–Trinajstić information content (AvgIpc) is 2.89. The number of aryl methyl sites for hydroxylation is 1. The van der Waals surface area contributed by atoms with Crippen LogP contribution in [0.3, 0.4) is 0 Å². The molecular formula is C19H24N2. The zero-order valence-electron chi connectivity index (χ0n) is 12.9. The van der Waals surface area contributed by atoms with Gasteiger partial charge in [0.15, 0.2) is 0 Å². The van der Waals surface area contributed by atoms with Gasteiger partial charge >= 0.3 is 0 Å². The molecule has 0 fully saturated rings. The zero-order valence-corrected chi connectivity index (χ0v) is 12.9. The lowest BCUT2D eigenvalue weighted by molar-refractivity contribution is 0.482. The molecule has 0 amide bonds. The third kappa shape index (κ3) is 3.11. The van der Waals surface area contributed by atoms with E-state index in [1.54, 1.807) is 0 Å². The molecule has 3 rings (SSSR count). The Morgan fingerprint density at radius 1 is 1.00 bits per heavy atom. The van der Waals surface area contributed by atoms with Crippen molar-refractivity contribution in [3.8, 4) is 0 Å². The summed E-state index contributed by atoms with van der Waals surface area (Å²) in [4.78, 5) is 3.49. The number of para-hydroxylation sites is 1. The van der Waals surface area contributed by atoms with Crippen molar-refractivity contribution >= 4 is 21.8 Å². The van der Waals surface area contributed by atoms with Crippen LogP contribution in [0.25, 0.3) is 21.8 Å². The molecule has 110 valence electrons. The van der Waals surface area contributed by atoms with E-state index >= 15 is 0 Å². The van der Waals surface area contributed by atoms with E-state index in [9.17, 15) is 0 Å². The molecule has 0 saturated carbocycles. The van der Waals surface area contributed by atoms with E-state index in [0.717, 1.165) is 12.5 Å². The molecule has 2 aromatic carbocycles. The van der Waals surface area contributed by atoms with Crippen molar-refractivity contribution < 1.29 is 0 Å². The van der Waals surface area contributed by atoms with Gasteiger partial charge in [-0.1, -0.05) is 31.2 Å². The highest BCUT2D eigenvalue weighted by Crippen LogP contribution is 2.26. The normalized spacial score (nSPS) is 13.0. The van der Waals surface area contributed by atoms with Crippen LogP contribution in [0.1, 0.15) is 25.3 Å². The second kappa shape index (κ2) is 6.31. The fraction of sp³-hybridized carbons (Fsp3) is 0.368. The summed E-state index contributed by atoms with van der Waals surface area (Å²) in [5.41, 5.74) is 3.92. The van der Waals surface area contributed by atoms with Crippen LogP contribution >= 0.6 is 0 Å². The SMILES string of the molecule is CNCCC(C)CCc1ccc2[nH]c3ccccc3c2c1. The summed E-state index contributed by atoms with van der Waals surface area (Å²) in [5, 5.41) is 5.92. The Bertz CT molecular complexity index is 727. The summed E-state index contributed by atoms with van der Waals surface area (Å²) in [5.74, 6) is 0.774. The Morgan fingerprint density at radius 3 is 2.67 bits per heavy atom. The number of hydrogen-bond donors (Lipinski definition) is 2.